The average Bonchev–Trinajstić information content (AvgIpc) is 2.76. The number of phenols is 1. The molecular formula is C9H7N5O. The molecule has 15 heavy (non-hydrogen) atoms. The Morgan fingerprint density at radius 1 is 1.27 bits per heavy atom. The third-order valence-electron chi connectivity index (χ3n) is 2.04. The first-order chi connectivity index (χ1) is 7.33. The summed E-state index contributed by atoms with van der Waals surface area (Å²) in [6.07, 6.45) is 1.54. The van der Waals surface area contributed by atoms with Crippen LogP contribution in [0.1, 0.15) is 0 Å². The minimum absolute atomic E-state index is 0.182. The van der Waals surface area contributed by atoms with Gasteiger partial charge in [0.05, 0.1) is 12.0 Å². The lowest BCUT2D eigenvalue weighted by Gasteiger charge is -1.98. The number of aromatic hydroxyl groups is 1. The predicted octanol–water partition coefficient (Wildman–Crippen LogP) is 0.849. The van der Waals surface area contributed by atoms with E-state index in [0.717, 1.165) is 0 Å². The average molecular weight is 201 g/mol. The van der Waals surface area contributed by atoms with E-state index in [1.165, 1.54) is 11.1 Å². The van der Waals surface area contributed by atoms with E-state index >= 15 is 0 Å². The van der Waals surface area contributed by atoms with Gasteiger partial charge >= 0.3 is 0 Å². The summed E-state index contributed by atoms with van der Waals surface area (Å²) in [6, 6.07) is 6.71. The van der Waals surface area contributed by atoms with E-state index in [4.69, 9.17) is 0 Å². The number of H-pyrrole nitrogens is 1. The van der Waals surface area contributed by atoms with E-state index in [0.29, 0.717) is 17.0 Å². The lowest BCUT2D eigenvalue weighted by atomic mass is 10.3. The van der Waals surface area contributed by atoms with Crippen LogP contribution >= 0.6 is 0 Å². The smallest absolute Gasteiger partial charge is 0.220 e. The van der Waals surface area contributed by atoms with Crippen molar-refractivity contribution in [3.05, 3.63) is 30.6 Å². The summed E-state index contributed by atoms with van der Waals surface area (Å²) in [5, 5.41) is 17.6. The van der Waals surface area contributed by atoms with Crippen LogP contribution < -0.4 is 0 Å². The molecule has 0 saturated heterocycles. The molecule has 0 saturated carbocycles. The van der Waals surface area contributed by atoms with Crippen LogP contribution in [0.3, 0.4) is 0 Å². The van der Waals surface area contributed by atoms with Crippen molar-refractivity contribution in [3.63, 3.8) is 0 Å². The first-order valence-electron chi connectivity index (χ1n) is 4.39. The van der Waals surface area contributed by atoms with Gasteiger partial charge in [-0.1, -0.05) is 6.07 Å². The number of nitrogens with one attached hydrogen (secondary N) is 1. The minimum atomic E-state index is 0.182. The lowest BCUT2D eigenvalue weighted by Crippen LogP contribution is -1.98. The second kappa shape index (κ2) is 2.81. The van der Waals surface area contributed by atoms with Crippen molar-refractivity contribution in [1.29, 1.82) is 0 Å². The number of rotatable bonds is 1. The molecule has 3 rings (SSSR count). The highest BCUT2D eigenvalue weighted by Crippen LogP contribution is 2.14. The molecule has 0 radical (unpaired) electrons. The molecule has 2 heterocycles. The van der Waals surface area contributed by atoms with Gasteiger partial charge in [-0.2, -0.15) is 0 Å². The van der Waals surface area contributed by atoms with Gasteiger partial charge in [0, 0.05) is 6.07 Å². The fraction of sp³-hybridized carbons (Fsp3) is 0. The van der Waals surface area contributed by atoms with Gasteiger partial charge in [-0.15, -0.1) is 15.0 Å². The highest BCUT2D eigenvalue weighted by Gasteiger charge is 2.06. The van der Waals surface area contributed by atoms with Crippen LogP contribution in [0.2, 0.25) is 0 Å². The molecule has 0 atom stereocenters. The summed E-state index contributed by atoms with van der Waals surface area (Å²) in [7, 11) is 0. The third-order valence-corrected chi connectivity index (χ3v) is 2.04. The van der Waals surface area contributed by atoms with Gasteiger partial charge in [-0.05, 0) is 12.1 Å². The standard InChI is InChI=1S/C9H7N5O/c15-7-3-1-2-6(4-7)14-12-8-9(13-14)11-5-10-8/h1-5,15H,(H,10,11,12,13). The molecule has 74 valence electrons. The topological polar surface area (TPSA) is 79.6 Å². The Labute approximate surface area is 84.2 Å². The number of hydrogen-bond donors (Lipinski definition) is 2. The molecule has 2 N–H and O–H groups in total. The van der Waals surface area contributed by atoms with E-state index < -0.39 is 0 Å². The third kappa shape index (κ3) is 1.23. The van der Waals surface area contributed by atoms with Gasteiger partial charge in [0.1, 0.15) is 5.75 Å². The number of aromatic amines is 1. The van der Waals surface area contributed by atoms with Gasteiger partial charge in [-0.3, -0.25) is 0 Å². The van der Waals surface area contributed by atoms with Crippen molar-refractivity contribution in [1.82, 2.24) is 25.0 Å². The van der Waals surface area contributed by atoms with Crippen molar-refractivity contribution in [2.24, 2.45) is 0 Å². The lowest BCUT2D eigenvalue weighted by molar-refractivity contribution is 0.474. The number of nitrogens with zero attached hydrogens (tertiary/aromatic N) is 4. The van der Waals surface area contributed by atoms with E-state index in [-0.39, 0.29) is 5.75 Å². The van der Waals surface area contributed by atoms with Crippen molar-refractivity contribution in [3.8, 4) is 11.4 Å². The number of imidazole rings is 1. The zero-order valence-electron chi connectivity index (χ0n) is 7.62. The molecule has 0 fully saturated rings. The Hall–Kier alpha value is -2.37. The number of benzene rings is 1. The van der Waals surface area contributed by atoms with E-state index in [1.807, 2.05) is 0 Å². The summed E-state index contributed by atoms with van der Waals surface area (Å²) in [6.45, 7) is 0. The Morgan fingerprint density at radius 2 is 2.20 bits per heavy atom. The highest BCUT2D eigenvalue weighted by molar-refractivity contribution is 5.63. The maximum Gasteiger partial charge on any atom is 0.220 e. The van der Waals surface area contributed by atoms with Crippen LogP contribution in [0.5, 0.6) is 5.75 Å². The second-order valence-corrected chi connectivity index (χ2v) is 3.08. The number of aromatic nitrogens is 5. The van der Waals surface area contributed by atoms with Gasteiger partial charge in [0.15, 0.2) is 0 Å². The second-order valence-electron chi connectivity index (χ2n) is 3.08. The van der Waals surface area contributed by atoms with Crippen molar-refractivity contribution in [2.75, 3.05) is 0 Å². The molecule has 0 amide bonds. The normalized spacial score (nSPS) is 10.9. The summed E-state index contributed by atoms with van der Waals surface area (Å²) in [4.78, 5) is 8.26. The Bertz CT molecular complexity index is 583. The molecule has 1 aromatic carbocycles. The van der Waals surface area contributed by atoms with Crippen LogP contribution in [-0.2, 0) is 0 Å². The minimum Gasteiger partial charge on any atom is -0.508 e. The summed E-state index contributed by atoms with van der Waals surface area (Å²) >= 11 is 0. The molecule has 2 aromatic heterocycles. The van der Waals surface area contributed by atoms with E-state index in [9.17, 15) is 5.11 Å². The molecule has 0 spiro atoms. The van der Waals surface area contributed by atoms with E-state index in [2.05, 4.69) is 20.2 Å². The number of phenolic OH excluding ortho intramolecular Hbond substituents is 1. The van der Waals surface area contributed by atoms with Gasteiger partial charge < -0.3 is 10.1 Å². The van der Waals surface area contributed by atoms with Crippen LogP contribution in [0, 0.1) is 0 Å². The van der Waals surface area contributed by atoms with Crippen LogP contribution in [-0.4, -0.2) is 30.1 Å². The Morgan fingerprint density at radius 3 is 3.00 bits per heavy atom. The summed E-state index contributed by atoms with van der Waals surface area (Å²) in [5.41, 5.74) is 1.87. The number of hydrogen-bond acceptors (Lipinski definition) is 4. The monoisotopic (exact) mass is 201 g/mol. The quantitative estimate of drug-likeness (QED) is 0.611. The summed E-state index contributed by atoms with van der Waals surface area (Å²) in [5.74, 6) is 0.182. The first-order valence-corrected chi connectivity index (χ1v) is 4.39. The SMILES string of the molecule is Oc1cccc(-n2nc3nc[nH]c3n2)c1. The van der Waals surface area contributed by atoms with Gasteiger partial charge in [-0.25, -0.2) is 4.98 Å². The van der Waals surface area contributed by atoms with Crippen molar-refractivity contribution in [2.45, 2.75) is 0 Å². The molecule has 0 aliphatic carbocycles. The molecule has 6 nitrogen and oxygen atoms in total. The Balaban J connectivity index is 2.17. The number of fused-ring (bicyclic) bond motifs is 1. The molecular weight excluding hydrogens is 194 g/mol. The Kier molecular flexibility index (Phi) is 1.49. The molecule has 0 bridgehead atoms. The fourth-order valence-corrected chi connectivity index (χ4v) is 1.37. The summed E-state index contributed by atoms with van der Waals surface area (Å²) < 4.78 is 0. The van der Waals surface area contributed by atoms with Crippen LogP contribution in [0.25, 0.3) is 17.0 Å². The van der Waals surface area contributed by atoms with E-state index in [1.54, 1.807) is 24.3 Å². The van der Waals surface area contributed by atoms with Crippen LogP contribution in [0.4, 0.5) is 0 Å². The largest absolute Gasteiger partial charge is 0.508 e. The molecule has 6 heteroatoms. The maximum absolute atomic E-state index is 9.31. The molecule has 0 aliphatic heterocycles. The van der Waals surface area contributed by atoms with Crippen molar-refractivity contribution < 1.29 is 5.11 Å². The van der Waals surface area contributed by atoms with Gasteiger partial charge in [0.25, 0.3) is 0 Å². The van der Waals surface area contributed by atoms with Gasteiger partial charge in [0.2, 0.25) is 11.3 Å². The van der Waals surface area contributed by atoms with Crippen molar-refractivity contribution >= 4 is 11.3 Å². The predicted molar refractivity (Wildman–Crippen MR) is 52.7 cm³/mol. The zero-order valence-corrected chi connectivity index (χ0v) is 7.62. The molecule has 0 aliphatic rings. The highest BCUT2D eigenvalue weighted by atomic mass is 16.3. The first kappa shape index (κ1) is 7.98. The van der Waals surface area contributed by atoms with Crippen LogP contribution in [0.15, 0.2) is 30.6 Å². The molecule has 0 unspecified atom stereocenters. The zero-order chi connectivity index (χ0) is 10.3. The maximum atomic E-state index is 9.31. The fourth-order valence-electron chi connectivity index (χ4n) is 1.37. The molecule has 3 aromatic rings.